The summed E-state index contributed by atoms with van der Waals surface area (Å²) in [5, 5.41) is 18.0. The molecule has 0 atom stereocenters. The van der Waals surface area contributed by atoms with Crippen LogP contribution in [0.5, 0.6) is 34.5 Å². The quantitative estimate of drug-likeness (QED) is 0.143. The number of ether oxygens (including phenoxy) is 7. The molecule has 1 saturated heterocycles. The number of benzene rings is 7. The Kier molecular flexibility index (Phi) is 9.28. The Morgan fingerprint density at radius 1 is 0.373 bits per heavy atom. The van der Waals surface area contributed by atoms with Gasteiger partial charge in [-0.15, -0.1) is 0 Å². The molecule has 1 fully saturated rings. The molecule has 11 rings (SSSR count). The zero-order chi connectivity index (χ0) is 40.4. The van der Waals surface area contributed by atoms with Crippen LogP contribution in [-0.2, 0) is 4.74 Å². The fourth-order valence-corrected chi connectivity index (χ4v) is 9.97. The summed E-state index contributed by atoms with van der Waals surface area (Å²) in [5.41, 5.74) is 8.64. The van der Waals surface area contributed by atoms with Gasteiger partial charge in [0.15, 0.2) is 34.5 Å². The van der Waals surface area contributed by atoms with Gasteiger partial charge >= 0.3 is 20.5 Å². The molecule has 4 heterocycles. The predicted molar refractivity (Wildman–Crippen MR) is 244 cm³/mol. The minimum atomic E-state index is -0.331. The second-order valence-corrected chi connectivity index (χ2v) is 15.1. The van der Waals surface area contributed by atoms with Gasteiger partial charge in [-0.1, -0.05) is 107 Å². The van der Waals surface area contributed by atoms with Crippen LogP contribution in [-0.4, -0.2) is 76.4 Å². The van der Waals surface area contributed by atoms with Gasteiger partial charge in [-0.3, -0.25) is 0 Å². The van der Waals surface area contributed by atoms with E-state index < -0.39 is 0 Å². The highest BCUT2D eigenvalue weighted by Gasteiger charge is 2.47. The lowest BCUT2D eigenvalue weighted by Crippen LogP contribution is -2.56. The minimum Gasteiger partial charge on any atom is -0.493 e. The predicted octanol–water partition coefficient (Wildman–Crippen LogP) is 4.59. The van der Waals surface area contributed by atoms with Gasteiger partial charge in [-0.05, 0) is 29.0 Å². The third-order valence-corrected chi connectivity index (χ3v) is 12.3. The molecule has 4 aliphatic heterocycles. The van der Waals surface area contributed by atoms with Gasteiger partial charge in [-0.25, -0.2) is 0 Å². The molecule has 0 radical (unpaired) electrons. The van der Waals surface area contributed by atoms with E-state index >= 15 is 0 Å². The molecule has 59 heavy (non-hydrogen) atoms. The van der Waals surface area contributed by atoms with E-state index in [1.165, 1.54) is 12.8 Å². The van der Waals surface area contributed by atoms with Crippen LogP contribution in [0.15, 0.2) is 91.0 Å². The summed E-state index contributed by atoms with van der Waals surface area (Å²) in [4.78, 5) is 0. The molecule has 0 unspecified atom stereocenters. The highest BCUT2D eigenvalue weighted by atomic mass is 16.5. The van der Waals surface area contributed by atoms with Crippen molar-refractivity contribution in [1.29, 1.82) is 0 Å². The summed E-state index contributed by atoms with van der Waals surface area (Å²) in [6.45, 7) is 1.01. The first kappa shape index (κ1) is 37.0. The second kappa shape index (κ2) is 14.8. The number of anilines is 3. The molecular weight excluding hydrogens is 739 g/mol. The third-order valence-electron chi connectivity index (χ3n) is 12.3. The largest absolute Gasteiger partial charge is 0.493 e. The maximum absolute atomic E-state index is 6.44. The number of hydrogen-bond acceptors (Lipinski definition) is 10. The van der Waals surface area contributed by atoms with Crippen molar-refractivity contribution in [3.05, 3.63) is 91.0 Å². The van der Waals surface area contributed by atoms with Crippen LogP contribution in [0.1, 0.15) is 12.8 Å². The molecule has 0 spiro atoms. The van der Waals surface area contributed by atoms with Crippen LogP contribution in [0.2, 0.25) is 0 Å². The van der Waals surface area contributed by atoms with Gasteiger partial charge in [0, 0.05) is 45.8 Å². The fourth-order valence-electron chi connectivity index (χ4n) is 9.97. The monoisotopic (exact) mass is 783 g/mol. The standard InChI is InChI=1S/C42H36B3N3O6.C4H8O/c1-49-37-31-25-28-26-30-27-29(25)35(47-43(31)22-16-10-7-11-17-22)41(53-5)39(51-3)33(27)45(24-20-14-9-15-21-24)48-36(30)42(54-6)38(50-2)32(26)44(23-18-12-8-13-19-23)46-34(28)40(37)52-4;1-2-4-5-3-1/h7-21,46-48H,1-6H3;1-4H2. The van der Waals surface area contributed by atoms with Gasteiger partial charge in [0.2, 0.25) is 0 Å². The van der Waals surface area contributed by atoms with Crippen molar-refractivity contribution in [2.45, 2.75) is 12.8 Å². The Morgan fingerprint density at radius 3 is 0.864 bits per heavy atom. The number of rotatable bonds is 9. The molecule has 0 aromatic heterocycles. The topological polar surface area (TPSA) is 101 Å². The van der Waals surface area contributed by atoms with Crippen LogP contribution in [0.4, 0.5) is 17.1 Å². The van der Waals surface area contributed by atoms with Crippen molar-refractivity contribution in [3.63, 3.8) is 0 Å². The summed E-state index contributed by atoms with van der Waals surface area (Å²) < 4.78 is 43.4. The zero-order valence-corrected chi connectivity index (χ0v) is 34.1. The van der Waals surface area contributed by atoms with E-state index in [1.807, 2.05) is 18.2 Å². The Hall–Kier alpha value is -6.33. The van der Waals surface area contributed by atoms with Crippen LogP contribution in [0.25, 0.3) is 32.3 Å². The van der Waals surface area contributed by atoms with E-state index in [1.54, 1.807) is 42.7 Å². The lowest BCUT2D eigenvalue weighted by Gasteiger charge is -2.39. The van der Waals surface area contributed by atoms with Gasteiger partial charge in [0.05, 0.1) is 59.7 Å². The summed E-state index contributed by atoms with van der Waals surface area (Å²) in [7, 11) is 10.3. The smallest absolute Gasteiger partial charge is 0.325 e. The Morgan fingerprint density at radius 2 is 0.644 bits per heavy atom. The van der Waals surface area contributed by atoms with Crippen molar-refractivity contribution >= 4 is 103 Å². The first-order valence-electron chi connectivity index (χ1n) is 20.1. The Balaban J connectivity index is 0.000000785. The van der Waals surface area contributed by atoms with Crippen molar-refractivity contribution in [1.82, 2.24) is 0 Å². The SMILES string of the molecule is C1CCOC1.COc1c(OC)c2c3c4c1NB(c1ccccc1)c1c(OC)c(OC)c5c(c14)c1c(c(OC)c(OC)c(c31)NB2c1ccccc1)B(c1ccccc1)N5. The maximum atomic E-state index is 6.44. The van der Waals surface area contributed by atoms with E-state index in [-0.39, 0.29) is 20.5 Å². The summed E-state index contributed by atoms with van der Waals surface area (Å²) in [5.74, 6) is 3.85. The van der Waals surface area contributed by atoms with Crippen LogP contribution >= 0.6 is 0 Å². The Bertz CT molecular complexity index is 2440. The molecule has 0 bridgehead atoms. The zero-order valence-electron chi connectivity index (χ0n) is 34.1. The first-order chi connectivity index (χ1) is 29.1. The van der Waals surface area contributed by atoms with E-state index in [9.17, 15) is 0 Å². The molecule has 3 N–H and O–H groups in total. The average molecular weight is 783 g/mol. The summed E-state index contributed by atoms with van der Waals surface area (Å²) >= 11 is 0. The van der Waals surface area contributed by atoms with Gasteiger partial charge in [-0.2, -0.15) is 0 Å². The van der Waals surface area contributed by atoms with E-state index in [0.29, 0.717) is 34.5 Å². The van der Waals surface area contributed by atoms with E-state index in [2.05, 4.69) is 88.5 Å². The van der Waals surface area contributed by atoms with Crippen molar-refractivity contribution in [2.24, 2.45) is 0 Å². The third kappa shape index (κ3) is 5.33. The van der Waals surface area contributed by atoms with Crippen LogP contribution in [0, 0.1) is 0 Å². The average Bonchev–Trinajstić information content (AvgIpc) is 3.90. The van der Waals surface area contributed by atoms with E-state index in [0.717, 1.165) is 95.4 Å². The molecule has 4 aliphatic rings. The second-order valence-electron chi connectivity index (χ2n) is 15.1. The van der Waals surface area contributed by atoms with Gasteiger partial charge in [0.25, 0.3) is 0 Å². The maximum Gasteiger partial charge on any atom is 0.325 e. The number of nitrogens with one attached hydrogen (secondary N) is 3. The molecule has 7 aromatic carbocycles. The number of hydrogen-bond donors (Lipinski definition) is 3. The summed E-state index contributed by atoms with van der Waals surface area (Å²) in [6.07, 6.45) is 2.56. The minimum absolute atomic E-state index is 0.331. The molecule has 0 aliphatic carbocycles. The molecule has 0 saturated carbocycles. The van der Waals surface area contributed by atoms with Crippen LogP contribution in [0.3, 0.4) is 0 Å². The highest BCUT2D eigenvalue weighted by Crippen LogP contribution is 2.57. The summed E-state index contributed by atoms with van der Waals surface area (Å²) in [6, 6.07) is 31.3. The van der Waals surface area contributed by atoms with Gasteiger partial charge < -0.3 is 48.8 Å². The molecule has 0 amide bonds. The highest BCUT2D eigenvalue weighted by molar-refractivity contribution is 6.96. The lowest BCUT2D eigenvalue weighted by atomic mass is 9.43. The van der Waals surface area contributed by atoms with Crippen LogP contribution < -0.4 is 76.9 Å². The fraction of sp³-hybridized carbons (Fsp3) is 0.217. The molecule has 294 valence electrons. The van der Waals surface area contributed by atoms with Crippen molar-refractivity contribution in [3.8, 4) is 34.5 Å². The molecule has 13 heteroatoms. The first-order valence-corrected chi connectivity index (χ1v) is 20.1. The lowest BCUT2D eigenvalue weighted by molar-refractivity contribution is 0.198. The van der Waals surface area contributed by atoms with E-state index in [4.69, 9.17) is 33.2 Å². The Labute approximate surface area is 344 Å². The molecule has 7 aromatic rings. The molecule has 10 nitrogen and oxygen atoms in total. The molecular formula is C46H44B3N3O7. The van der Waals surface area contributed by atoms with Crippen molar-refractivity contribution < 1.29 is 33.2 Å². The number of methoxy groups -OCH3 is 6. The normalized spacial score (nSPS) is 14.2. The van der Waals surface area contributed by atoms with Crippen molar-refractivity contribution in [2.75, 3.05) is 71.6 Å². The van der Waals surface area contributed by atoms with Gasteiger partial charge in [0.1, 0.15) is 0 Å².